The number of aromatic nitrogens is 3. The Morgan fingerprint density at radius 2 is 2.06 bits per heavy atom. The first kappa shape index (κ1) is 19.8. The third-order valence-electron chi connectivity index (χ3n) is 6.46. The van der Waals surface area contributed by atoms with E-state index < -0.39 is 0 Å². The summed E-state index contributed by atoms with van der Waals surface area (Å²) in [5.41, 5.74) is 2.58. The van der Waals surface area contributed by atoms with Crippen LogP contribution in [0.5, 0.6) is 5.75 Å². The van der Waals surface area contributed by atoms with Crippen molar-refractivity contribution in [3.8, 4) is 5.75 Å². The summed E-state index contributed by atoms with van der Waals surface area (Å²) in [6.45, 7) is 2.03. The lowest BCUT2D eigenvalue weighted by atomic mass is 10.0. The molecule has 3 heterocycles. The molecule has 7 heteroatoms. The van der Waals surface area contributed by atoms with E-state index in [-0.39, 0.29) is 17.6 Å². The quantitative estimate of drug-likeness (QED) is 0.615. The summed E-state index contributed by atoms with van der Waals surface area (Å²) in [5.74, 6) is 1.44. The summed E-state index contributed by atoms with van der Waals surface area (Å²) in [4.78, 5) is 32.8. The smallest absolute Gasteiger partial charge is 0.330 e. The van der Waals surface area contributed by atoms with Crippen LogP contribution in [-0.4, -0.2) is 45.1 Å². The van der Waals surface area contributed by atoms with Gasteiger partial charge in [-0.15, -0.1) is 0 Å². The lowest BCUT2D eigenvalue weighted by Gasteiger charge is -2.33. The molecule has 1 atom stereocenters. The maximum atomic E-state index is 13.4. The first-order valence-corrected chi connectivity index (χ1v) is 11.1. The van der Waals surface area contributed by atoms with E-state index >= 15 is 0 Å². The van der Waals surface area contributed by atoms with E-state index in [0.717, 1.165) is 48.4 Å². The minimum atomic E-state index is -0.0478. The third kappa shape index (κ3) is 3.96. The number of carbonyl (C=O) groups excluding carboxylic acids is 1. The number of hydrogen-bond acceptors (Lipinski definition) is 4. The van der Waals surface area contributed by atoms with Crippen molar-refractivity contribution in [3.63, 3.8) is 0 Å². The fourth-order valence-corrected chi connectivity index (χ4v) is 4.63. The number of methoxy groups -OCH3 is 1. The molecule has 0 radical (unpaired) electrons. The van der Waals surface area contributed by atoms with Crippen LogP contribution in [0, 0.1) is 5.92 Å². The number of amides is 1. The second-order valence-corrected chi connectivity index (χ2v) is 8.72. The van der Waals surface area contributed by atoms with Gasteiger partial charge in [0.15, 0.2) is 5.65 Å². The zero-order chi connectivity index (χ0) is 21.4. The molecule has 1 saturated carbocycles. The maximum absolute atomic E-state index is 13.4. The monoisotopic (exact) mass is 420 g/mol. The van der Waals surface area contributed by atoms with Crippen molar-refractivity contribution in [2.45, 2.75) is 44.7 Å². The van der Waals surface area contributed by atoms with Gasteiger partial charge in [0, 0.05) is 25.8 Å². The Balaban J connectivity index is 1.39. The van der Waals surface area contributed by atoms with E-state index in [2.05, 4.69) is 4.98 Å². The van der Waals surface area contributed by atoms with E-state index in [1.807, 2.05) is 50.4 Å². The number of likely N-dealkylation sites (tertiary alicyclic amines) is 1. The van der Waals surface area contributed by atoms with Crippen molar-refractivity contribution >= 4 is 17.1 Å². The Kier molecular flexibility index (Phi) is 5.26. The summed E-state index contributed by atoms with van der Waals surface area (Å²) in [7, 11) is 1.63. The van der Waals surface area contributed by atoms with Gasteiger partial charge in [-0.25, -0.2) is 9.78 Å². The van der Waals surface area contributed by atoms with E-state index in [1.165, 1.54) is 12.8 Å². The molecule has 1 aliphatic carbocycles. The molecular weight excluding hydrogens is 392 g/mol. The van der Waals surface area contributed by atoms with Crippen LogP contribution < -0.4 is 10.4 Å². The SMILES string of the molecule is COc1cccc(CC(=O)N2CCC[C@H](n3c(=O)n(CC4CC4)c4cccnc43)C2)c1. The molecule has 2 fully saturated rings. The number of pyridine rings is 1. The summed E-state index contributed by atoms with van der Waals surface area (Å²) in [6.07, 6.45) is 6.21. The largest absolute Gasteiger partial charge is 0.497 e. The molecule has 0 spiro atoms. The van der Waals surface area contributed by atoms with Crippen LogP contribution in [0.15, 0.2) is 47.4 Å². The second kappa shape index (κ2) is 8.21. The number of nitrogens with zero attached hydrogens (tertiary/aromatic N) is 4. The Hall–Kier alpha value is -3.09. The third-order valence-corrected chi connectivity index (χ3v) is 6.46. The molecule has 1 aliphatic heterocycles. The molecule has 7 nitrogen and oxygen atoms in total. The molecule has 0 unspecified atom stereocenters. The molecule has 1 saturated heterocycles. The van der Waals surface area contributed by atoms with Crippen LogP contribution in [-0.2, 0) is 17.8 Å². The van der Waals surface area contributed by atoms with Gasteiger partial charge in [0.1, 0.15) is 5.75 Å². The Labute approximate surface area is 181 Å². The van der Waals surface area contributed by atoms with Crippen LogP contribution in [0.4, 0.5) is 0 Å². The number of carbonyl (C=O) groups is 1. The van der Waals surface area contributed by atoms with Crippen LogP contribution >= 0.6 is 0 Å². The minimum absolute atomic E-state index is 0.00712. The standard InChI is InChI=1S/C24H28N4O3/c1-31-20-7-2-5-18(13-20)14-22(29)26-12-4-6-19(16-26)28-23-21(8-3-11-25-23)27(24(28)30)15-17-9-10-17/h2-3,5,7-8,11,13,17,19H,4,6,9-10,12,14-16H2,1H3/t19-/m0/s1. The summed E-state index contributed by atoms with van der Waals surface area (Å²) in [5, 5.41) is 0. The normalized spacial score (nSPS) is 19.0. The average molecular weight is 421 g/mol. The number of piperidine rings is 1. The molecule has 5 rings (SSSR count). The Morgan fingerprint density at radius 1 is 1.19 bits per heavy atom. The highest BCUT2D eigenvalue weighted by Crippen LogP contribution is 2.32. The van der Waals surface area contributed by atoms with Gasteiger partial charge in [0.05, 0.1) is 25.1 Å². The van der Waals surface area contributed by atoms with Crippen molar-refractivity contribution in [2.75, 3.05) is 20.2 Å². The molecule has 31 heavy (non-hydrogen) atoms. The maximum Gasteiger partial charge on any atom is 0.330 e. The van der Waals surface area contributed by atoms with Gasteiger partial charge in [-0.2, -0.15) is 0 Å². The van der Waals surface area contributed by atoms with E-state index in [0.29, 0.717) is 18.9 Å². The number of rotatable bonds is 6. The van der Waals surface area contributed by atoms with Crippen molar-refractivity contribution in [1.82, 2.24) is 19.0 Å². The second-order valence-electron chi connectivity index (χ2n) is 8.72. The van der Waals surface area contributed by atoms with Crippen molar-refractivity contribution < 1.29 is 9.53 Å². The highest BCUT2D eigenvalue weighted by molar-refractivity contribution is 5.79. The summed E-state index contributed by atoms with van der Waals surface area (Å²) >= 11 is 0. The average Bonchev–Trinajstić information content (AvgIpc) is 3.58. The van der Waals surface area contributed by atoms with Crippen molar-refractivity contribution in [2.24, 2.45) is 5.92 Å². The topological polar surface area (TPSA) is 69.4 Å². The van der Waals surface area contributed by atoms with Crippen LogP contribution in [0.25, 0.3) is 11.2 Å². The first-order valence-electron chi connectivity index (χ1n) is 11.1. The number of benzene rings is 1. The zero-order valence-electron chi connectivity index (χ0n) is 17.9. The predicted molar refractivity (Wildman–Crippen MR) is 118 cm³/mol. The minimum Gasteiger partial charge on any atom is -0.497 e. The summed E-state index contributed by atoms with van der Waals surface area (Å²) < 4.78 is 8.99. The molecule has 162 valence electrons. The molecule has 2 aliphatic rings. The molecule has 0 bridgehead atoms. The van der Waals surface area contributed by atoms with E-state index in [4.69, 9.17) is 4.74 Å². The van der Waals surface area contributed by atoms with Crippen LogP contribution in [0.1, 0.15) is 37.3 Å². The Bertz CT molecular complexity index is 1160. The highest BCUT2D eigenvalue weighted by Gasteiger charge is 2.30. The van der Waals surface area contributed by atoms with Crippen LogP contribution in [0.3, 0.4) is 0 Å². The van der Waals surface area contributed by atoms with Gasteiger partial charge in [0.25, 0.3) is 0 Å². The first-order chi connectivity index (χ1) is 15.1. The van der Waals surface area contributed by atoms with Crippen LogP contribution in [0.2, 0.25) is 0 Å². The van der Waals surface area contributed by atoms with Crippen molar-refractivity contribution in [3.05, 3.63) is 58.6 Å². The fourth-order valence-electron chi connectivity index (χ4n) is 4.63. The zero-order valence-corrected chi connectivity index (χ0v) is 17.9. The lowest BCUT2D eigenvalue weighted by Crippen LogP contribution is -2.43. The molecule has 2 aromatic heterocycles. The Morgan fingerprint density at radius 3 is 2.87 bits per heavy atom. The van der Waals surface area contributed by atoms with Gasteiger partial charge in [-0.1, -0.05) is 12.1 Å². The van der Waals surface area contributed by atoms with E-state index in [9.17, 15) is 9.59 Å². The van der Waals surface area contributed by atoms with Gasteiger partial charge in [-0.3, -0.25) is 13.9 Å². The molecule has 1 amide bonds. The molecule has 3 aromatic rings. The van der Waals surface area contributed by atoms with Gasteiger partial charge >= 0.3 is 5.69 Å². The number of imidazole rings is 1. The summed E-state index contributed by atoms with van der Waals surface area (Å²) in [6, 6.07) is 11.5. The lowest BCUT2D eigenvalue weighted by molar-refractivity contribution is -0.132. The van der Waals surface area contributed by atoms with Gasteiger partial charge in [-0.05, 0) is 61.4 Å². The van der Waals surface area contributed by atoms with Gasteiger partial charge < -0.3 is 9.64 Å². The molecule has 0 N–H and O–H groups in total. The van der Waals surface area contributed by atoms with Crippen molar-refractivity contribution in [1.29, 1.82) is 0 Å². The predicted octanol–water partition coefficient (Wildman–Crippen LogP) is 3.02. The molecular formula is C24H28N4O3. The van der Waals surface area contributed by atoms with E-state index in [1.54, 1.807) is 13.3 Å². The van der Waals surface area contributed by atoms with Gasteiger partial charge in [0.2, 0.25) is 5.91 Å². The number of ether oxygens (including phenoxy) is 1. The fraction of sp³-hybridized carbons (Fsp3) is 0.458. The highest BCUT2D eigenvalue weighted by atomic mass is 16.5. The number of hydrogen-bond donors (Lipinski definition) is 0. The molecule has 1 aromatic carbocycles. The number of fused-ring (bicyclic) bond motifs is 1.